The zero-order chi connectivity index (χ0) is 14.0. The molecule has 1 unspecified atom stereocenters. The van der Waals surface area contributed by atoms with Crippen LogP contribution in [-0.2, 0) is 17.8 Å². The van der Waals surface area contributed by atoms with Gasteiger partial charge in [0.25, 0.3) is 0 Å². The number of aromatic nitrogens is 1. The monoisotopic (exact) mass is 276 g/mol. The van der Waals surface area contributed by atoms with Gasteiger partial charge in [-0.15, -0.1) is 0 Å². The van der Waals surface area contributed by atoms with Crippen molar-refractivity contribution in [3.8, 4) is 0 Å². The first-order chi connectivity index (χ1) is 8.85. The minimum absolute atomic E-state index is 0.171. The number of aliphatic hydroxyl groups excluding tert-OH is 1. The van der Waals surface area contributed by atoms with Crippen LogP contribution >= 0.6 is 0 Å². The molecule has 0 saturated carbocycles. The quantitative estimate of drug-likeness (QED) is 0.879. The molecule has 1 atom stereocenters. The number of hydrogen-bond donors (Lipinski definition) is 2. The Morgan fingerprint density at radius 1 is 1.47 bits per heavy atom. The van der Waals surface area contributed by atoms with Gasteiger partial charge < -0.3 is 15.0 Å². The summed E-state index contributed by atoms with van der Waals surface area (Å²) in [7, 11) is 0. The maximum absolute atomic E-state index is 11.9. The predicted molar refractivity (Wildman–Crippen MR) is 61.4 cm³/mol. The lowest BCUT2D eigenvalue weighted by Crippen LogP contribution is -2.35. The van der Waals surface area contributed by atoms with E-state index in [2.05, 4.69) is 0 Å². The van der Waals surface area contributed by atoms with E-state index in [1.54, 1.807) is 12.4 Å². The molecule has 2 rings (SSSR count). The molecule has 0 saturated heterocycles. The highest BCUT2D eigenvalue weighted by Gasteiger charge is 2.27. The first kappa shape index (κ1) is 13.9. The highest BCUT2D eigenvalue weighted by molar-refractivity contribution is 5.75. The summed E-state index contributed by atoms with van der Waals surface area (Å²) in [6.07, 6.45) is 0.779. The van der Waals surface area contributed by atoms with Crippen LogP contribution in [0.25, 0.3) is 0 Å². The van der Waals surface area contributed by atoms with Crippen molar-refractivity contribution in [2.45, 2.75) is 38.1 Å². The Morgan fingerprint density at radius 3 is 2.84 bits per heavy atom. The van der Waals surface area contributed by atoms with Crippen molar-refractivity contribution in [2.75, 3.05) is 6.54 Å². The maximum Gasteiger partial charge on any atom is 0.405 e. The molecule has 4 nitrogen and oxygen atoms in total. The average Bonchev–Trinajstić information content (AvgIpc) is 2.69. The largest absolute Gasteiger partial charge is 0.405 e. The number of carbonyl (C=O) groups is 1. The fourth-order valence-electron chi connectivity index (χ4n) is 2.24. The van der Waals surface area contributed by atoms with Crippen molar-refractivity contribution in [3.05, 3.63) is 23.5 Å². The van der Waals surface area contributed by atoms with Crippen LogP contribution in [0.2, 0.25) is 0 Å². The van der Waals surface area contributed by atoms with Crippen molar-refractivity contribution in [1.29, 1.82) is 0 Å². The zero-order valence-corrected chi connectivity index (χ0v) is 10.2. The zero-order valence-electron chi connectivity index (χ0n) is 10.2. The minimum Gasteiger partial charge on any atom is -0.388 e. The van der Waals surface area contributed by atoms with Gasteiger partial charge in [0.15, 0.2) is 0 Å². The van der Waals surface area contributed by atoms with Crippen molar-refractivity contribution in [1.82, 2.24) is 9.88 Å². The summed E-state index contributed by atoms with van der Waals surface area (Å²) < 4.78 is 37.3. The van der Waals surface area contributed by atoms with Crippen LogP contribution < -0.4 is 5.32 Å². The van der Waals surface area contributed by atoms with Crippen LogP contribution in [-0.4, -0.2) is 28.3 Å². The molecular formula is C12H15F3N2O2. The summed E-state index contributed by atoms with van der Waals surface area (Å²) in [4.78, 5) is 11.4. The van der Waals surface area contributed by atoms with Crippen LogP contribution in [0.15, 0.2) is 12.4 Å². The average molecular weight is 276 g/mol. The Hall–Kier alpha value is -1.50. The van der Waals surface area contributed by atoms with Crippen molar-refractivity contribution < 1.29 is 23.1 Å². The third kappa shape index (κ3) is 3.73. The first-order valence-corrected chi connectivity index (χ1v) is 6.05. The number of nitrogens with one attached hydrogen (secondary N) is 1. The standard InChI is InChI=1S/C12H15F3N2O2/c13-12(14,15)7-16-11(19)6-17-4-8-2-1-3-10(18)9(8)5-17/h4-5,10,18H,1-3,6-7H2,(H,16,19). The molecule has 1 amide bonds. The summed E-state index contributed by atoms with van der Waals surface area (Å²) in [6.45, 7) is -1.49. The van der Waals surface area contributed by atoms with E-state index in [1.165, 1.54) is 4.57 Å². The lowest BCUT2D eigenvalue weighted by molar-refractivity contribution is -0.138. The topological polar surface area (TPSA) is 54.3 Å². The van der Waals surface area contributed by atoms with Gasteiger partial charge in [-0.1, -0.05) is 0 Å². The Labute approximate surface area is 108 Å². The highest BCUT2D eigenvalue weighted by Crippen LogP contribution is 2.30. The van der Waals surface area contributed by atoms with Crippen LogP contribution in [0.5, 0.6) is 0 Å². The molecule has 106 valence electrons. The number of rotatable bonds is 3. The van der Waals surface area contributed by atoms with Gasteiger partial charge in [-0.25, -0.2) is 0 Å². The third-order valence-corrected chi connectivity index (χ3v) is 3.09. The lowest BCUT2D eigenvalue weighted by atomic mass is 9.93. The molecule has 0 fully saturated rings. The number of halogens is 3. The summed E-state index contributed by atoms with van der Waals surface area (Å²) in [5, 5.41) is 11.6. The predicted octanol–water partition coefficient (Wildman–Crippen LogP) is 1.54. The number of alkyl halides is 3. The molecule has 0 spiro atoms. The van der Waals surface area contributed by atoms with Crippen LogP contribution in [0.1, 0.15) is 30.1 Å². The van der Waals surface area contributed by atoms with E-state index < -0.39 is 24.7 Å². The van der Waals surface area contributed by atoms with E-state index in [9.17, 15) is 23.1 Å². The highest BCUT2D eigenvalue weighted by atomic mass is 19.4. The van der Waals surface area contributed by atoms with E-state index in [4.69, 9.17) is 0 Å². The molecule has 19 heavy (non-hydrogen) atoms. The molecular weight excluding hydrogens is 261 g/mol. The van der Waals surface area contributed by atoms with E-state index in [-0.39, 0.29) is 6.54 Å². The lowest BCUT2D eigenvalue weighted by Gasteiger charge is -2.16. The fourth-order valence-corrected chi connectivity index (χ4v) is 2.24. The number of amides is 1. The minimum atomic E-state index is -4.40. The molecule has 1 aliphatic carbocycles. The van der Waals surface area contributed by atoms with Gasteiger partial charge in [0, 0.05) is 18.0 Å². The number of hydrogen-bond acceptors (Lipinski definition) is 2. The van der Waals surface area contributed by atoms with Gasteiger partial charge in [0.1, 0.15) is 13.1 Å². The molecule has 1 heterocycles. The Kier molecular flexibility index (Phi) is 3.84. The van der Waals surface area contributed by atoms with Crippen LogP contribution in [0, 0.1) is 0 Å². The molecule has 1 aliphatic rings. The maximum atomic E-state index is 11.9. The van der Waals surface area contributed by atoms with Gasteiger partial charge in [-0.3, -0.25) is 4.79 Å². The normalized spacial score (nSPS) is 19.1. The number of fused-ring (bicyclic) bond motifs is 1. The second kappa shape index (κ2) is 5.24. The molecule has 0 radical (unpaired) electrons. The second-order valence-electron chi connectivity index (χ2n) is 4.71. The van der Waals surface area contributed by atoms with Crippen LogP contribution in [0.4, 0.5) is 13.2 Å². The van der Waals surface area contributed by atoms with E-state index >= 15 is 0 Å². The Bertz CT molecular complexity index is 468. The summed E-state index contributed by atoms with van der Waals surface area (Å²) in [6, 6.07) is 0. The molecule has 0 bridgehead atoms. The van der Waals surface area contributed by atoms with Crippen LogP contribution in [0.3, 0.4) is 0 Å². The first-order valence-electron chi connectivity index (χ1n) is 6.05. The molecule has 2 N–H and O–H groups in total. The van der Waals surface area contributed by atoms with Crippen molar-refractivity contribution in [3.63, 3.8) is 0 Å². The van der Waals surface area contributed by atoms with Crippen molar-refractivity contribution in [2.24, 2.45) is 0 Å². The van der Waals surface area contributed by atoms with E-state index in [0.29, 0.717) is 6.42 Å². The Balaban J connectivity index is 1.95. The molecule has 0 aliphatic heterocycles. The molecule has 7 heteroatoms. The second-order valence-corrected chi connectivity index (χ2v) is 4.71. The number of aryl methyl sites for hydroxylation is 1. The van der Waals surface area contributed by atoms with Gasteiger partial charge in [-0.05, 0) is 24.8 Å². The molecule has 0 aromatic carbocycles. The van der Waals surface area contributed by atoms with Gasteiger partial charge >= 0.3 is 6.18 Å². The number of nitrogens with zero attached hydrogens (tertiary/aromatic N) is 1. The number of carbonyl (C=O) groups excluding carboxylic acids is 1. The third-order valence-electron chi connectivity index (χ3n) is 3.09. The van der Waals surface area contributed by atoms with E-state index in [0.717, 1.165) is 24.0 Å². The van der Waals surface area contributed by atoms with Crippen molar-refractivity contribution >= 4 is 5.91 Å². The van der Waals surface area contributed by atoms with Gasteiger partial charge in [0.2, 0.25) is 5.91 Å². The summed E-state index contributed by atoms with van der Waals surface area (Å²) in [5.41, 5.74) is 1.73. The fraction of sp³-hybridized carbons (Fsp3) is 0.583. The van der Waals surface area contributed by atoms with E-state index in [1.807, 2.05) is 5.32 Å². The summed E-state index contributed by atoms with van der Waals surface area (Å²) in [5.74, 6) is -0.695. The smallest absolute Gasteiger partial charge is 0.388 e. The Morgan fingerprint density at radius 2 is 2.21 bits per heavy atom. The number of aliphatic hydroxyl groups is 1. The molecule has 1 aromatic heterocycles. The molecule has 1 aromatic rings. The van der Waals surface area contributed by atoms with Gasteiger partial charge in [0.05, 0.1) is 6.10 Å². The van der Waals surface area contributed by atoms with Gasteiger partial charge in [-0.2, -0.15) is 13.2 Å². The SMILES string of the molecule is O=C(Cn1cc2c(c1)C(O)CCC2)NCC(F)(F)F. The summed E-state index contributed by atoms with van der Waals surface area (Å²) >= 11 is 0.